The van der Waals surface area contributed by atoms with E-state index in [0.29, 0.717) is 42.9 Å². The van der Waals surface area contributed by atoms with Gasteiger partial charge in [0.25, 0.3) is 0 Å². The molecule has 4 nitrogen and oxygen atoms in total. The van der Waals surface area contributed by atoms with Gasteiger partial charge in [0, 0.05) is 16.8 Å². The quantitative estimate of drug-likeness (QED) is 0.437. The van der Waals surface area contributed by atoms with Crippen molar-refractivity contribution < 1.29 is 16.8 Å². The van der Waals surface area contributed by atoms with E-state index in [-0.39, 0.29) is 16.8 Å². The van der Waals surface area contributed by atoms with Crippen molar-refractivity contribution in [2.45, 2.75) is 112 Å². The minimum absolute atomic E-state index is 0. The molecule has 2 unspecified atom stereocenters. The monoisotopic (exact) mass is 371 g/mol. The molecule has 0 saturated carbocycles. The van der Waals surface area contributed by atoms with Gasteiger partial charge in [-0.15, -0.1) is 36.3 Å². The van der Waals surface area contributed by atoms with Crippen LogP contribution in [0.2, 0.25) is 0 Å². The van der Waals surface area contributed by atoms with Crippen molar-refractivity contribution >= 4 is 0 Å². The smallest absolute Gasteiger partial charge is 0 e. The Morgan fingerprint density at radius 1 is 0.522 bits per heavy atom. The van der Waals surface area contributed by atoms with Crippen LogP contribution in [0.15, 0.2) is 0 Å². The van der Waals surface area contributed by atoms with Crippen LogP contribution < -0.4 is 0 Å². The molecule has 145 valence electrons. The van der Waals surface area contributed by atoms with Crippen molar-refractivity contribution in [2.24, 2.45) is 0 Å². The summed E-state index contributed by atoms with van der Waals surface area (Å²) in [5.74, 6) is 0. The number of hydrogen-bond donors (Lipinski definition) is 0. The van der Waals surface area contributed by atoms with E-state index in [4.69, 9.17) is 0 Å². The molecule has 0 aromatic heterocycles. The first-order chi connectivity index (χ1) is 10.0. The van der Waals surface area contributed by atoms with Crippen LogP contribution in [0.25, 0.3) is 21.3 Å². The van der Waals surface area contributed by atoms with Gasteiger partial charge in [-0.25, -0.2) is 0 Å². The van der Waals surface area contributed by atoms with Gasteiger partial charge in [0.15, 0.2) is 0 Å². The molecule has 0 spiro atoms. The number of nitrogens with zero attached hydrogens (tertiary/aromatic N) is 4. The van der Waals surface area contributed by atoms with Gasteiger partial charge in [-0.1, -0.05) is 75.7 Å². The van der Waals surface area contributed by atoms with Crippen molar-refractivity contribution in [3.8, 4) is 0 Å². The van der Waals surface area contributed by atoms with E-state index in [1.807, 2.05) is 0 Å². The summed E-state index contributed by atoms with van der Waals surface area (Å²) >= 11 is 0. The van der Waals surface area contributed by atoms with Crippen LogP contribution in [0.5, 0.6) is 0 Å². The summed E-state index contributed by atoms with van der Waals surface area (Å²) in [7, 11) is 0. The molecule has 0 aromatic carbocycles. The van der Waals surface area contributed by atoms with Crippen LogP contribution in [0.1, 0.15) is 75.7 Å². The Morgan fingerprint density at radius 3 is 1.04 bits per heavy atom. The average Bonchev–Trinajstić information content (AvgIpc) is 2.25. The zero-order valence-corrected chi connectivity index (χ0v) is 18.0. The van der Waals surface area contributed by atoms with Gasteiger partial charge in [-0.05, 0) is 0 Å². The summed E-state index contributed by atoms with van der Waals surface area (Å²) in [5, 5.41) is 17.5. The van der Waals surface area contributed by atoms with Crippen molar-refractivity contribution in [1.82, 2.24) is 0 Å². The molecule has 0 heterocycles. The fraction of sp³-hybridized carbons (Fsp3) is 1.00. The van der Waals surface area contributed by atoms with Crippen molar-refractivity contribution in [1.29, 1.82) is 0 Å². The first kappa shape index (κ1) is 28.2. The summed E-state index contributed by atoms with van der Waals surface area (Å²) in [5.41, 5.74) is 0. The van der Waals surface area contributed by atoms with Gasteiger partial charge in [0.2, 0.25) is 0 Å². The fourth-order valence-corrected chi connectivity index (χ4v) is 2.01. The minimum Gasteiger partial charge on any atom is -0.678 e. The largest absolute Gasteiger partial charge is 0.678 e. The predicted molar refractivity (Wildman–Crippen MR) is 102 cm³/mol. The second-order valence-electron chi connectivity index (χ2n) is 7.11. The summed E-state index contributed by atoms with van der Waals surface area (Å²) < 4.78 is 0. The Morgan fingerprint density at radius 2 is 0.826 bits per heavy atom. The van der Waals surface area contributed by atoms with Gasteiger partial charge >= 0.3 is 0 Å². The van der Waals surface area contributed by atoms with E-state index in [0.717, 1.165) is 6.42 Å². The second-order valence-corrected chi connectivity index (χ2v) is 7.11. The number of hydrogen-bond acceptors (Lipinski definition) is 0. The van der Waals surface area contributed by atoms with Gasteiger partial charge in [0.05, 0.1) is 0 Å². The Hall–Kier alpha value is 0.346. The minimum atomic E-state index is 0. The molecular formula is C18H40CoN4-4. The maximum absolute atomic E-state index is 4.56. The molecule has 1 radical (unpaired) electrons. The normalized spacial score (nSPS) is 13.8. The van der Waals surface area contributed by atoms with Gasteiger partial charge in [-0.2, -0.15) is 0 Å². The van der Waals surface area contributed by atoms with Crippen molar-refractivity contribution in [3.63, 3.8) is 0 Å². The van der Waals surface area contributed by atoms with E-state index in [1.54, 1.807) is 0 Å². The van der Waals surface area contributed by atoms with E-state index in [2.05, 4.69) is 90.5 Å². The van der Waals surface area contributed by atoms with Crippen molar-refractivity contribution in [3.05, 3.63) is 21.3 Å². The Labute approximate surface area is 156 Å². The molecule has 0 aliphatic rings. The average molecular weight is 371 g/mol. The van der Waals surface area contributed by atoms with Crippen LogP contribution in [0.3, 0.4) is 0 Å². The Kier molecular flexibility index (Phi) is 21.0. The molecular weight excluding hydrogens is 331 g/mol. The van der Waals surface area contributed by atoms with Crippen LogP contribution in [0, 0.1) is 0 Å². The Balaban J connectivity index is -0.000000354. The van der Waals surface area contributed by atoms with Gasteiger partial charge in [0.1, 0.15) is 0 Å². The van der Waals surface area contributed by atoms with E-state index in [9.17, 15) is 0 Å². The second kappa shape index (κ2) is 17.2. The van der Waals surface area contributed by atoms with E-state index in [1.165, 1.54) is 0 Å². The van der Waals surface area contributed by atoms with Gasteiger partial charge < -0.3 is 21.3 Å². The predicted octanol–water partition coefficient (Wildman–Crippen LogP) is 6.22. The maximum Gasteiger partial charge on any atom is 0 e. The Bertz CT molecular complexity index is 211. The van der Waals surface area contributed by atoms with Crippen LogP contribution in [-0.2, 0) is 16.8 Å². The molecule has 23 heavy (non-hydrogen) atoms. The molecule has 0 amide bonds. The molecule has 0 N–H and O–H groups in total. The first-order valence-electron chi connectivity index (χ1n) is 8.77. The summed E-state index contributed by atoms with van der Waals surface area (Å²) in [4.78, 5) is 0. The van der Waals surface area contributed by atoms with Crippen LogP contribution in [0.4, 0.5) is 0 Å². The van der Waals surface area contributed by atoms with Gasteiger partial charge in [-0.3, -0.25) is 6.67 Å². The summed E-state index contributed by atoms with van der Waals surface area (Å²) in [6, 6.07) is 2.62. The third kappa shape index (κ3) is 27.5. The molecule has 0 fully saturated rings. The molecule has 0 aromatic rings. The molecule has 5 heteroatoms. The molecule has 0 saturated heterocycles. The zero-order valence-electron chi connectivity index (χ0n) is 17.0. The molecule has 0 bridgehead atoms. The first-order valence-corrected chi connectivity index (χ1v) is 8.77. The third-order valence-electron chi connectivity index (χ3n) is 2.68. The summed E-state index contributed by atoms with van der Waals surface area (Å²) in [6.07, 6.45) is 1.08. The van der Waals surface area contributed by atoms with E-state index >= 15 is 0 Å². The molecule has 0 aliphatic heterocycles. The van der Waals surface area contributed by atoms with Crippen LogP contribution >= 0.6 is 0 Å². The fourth-order valence-electron chi connectivity index (χ4n) is 2.01. The standard InChI is InChI=1S/C11H24N2.C7H16N2.Co/c1-8(2)12-10(5)7-11(6)13-9(3)4;1-6(2)8-5-9-7(3)4;/h8-11H,7H2,1-6H3;6-7H,5H2,1-4H3;/q2*-2;. The topological polar surface area (TPSA) is 56.4 Å². The molecule has 0 rings (SSSR count). The van der Waals surface area contributed by atoms with Crippen molar-refractivity contribution in [2.75, 3.05) is 6.67 Å². The third-order valence-corrected chi connectivity index (χ3v) is 2.68. The maximum atomic E-state index is 4.56. The van der Waals surface area contributed by atoms with E-state index < -0.39 is 0 Å². The molecule has 2 atom stereocenters. The van der Waals surface area contributed by atoms with Crippen LogP contribution in [-0.4, -0.2) is 42.9 Å². The zero-order chi connectivity index (χ0) is 17.7. The molecule has 0 aliphatic carbocycles. The SMILES string of the molecule is CC(C)[N-]C(C)CC(C)[N-]C(C)C.CC(C)[N-]C[N-]C(C)C.[Co]. The number of rotatable bonds is 10. The summed E-state index contributed by atoms with van der Waals surface area (Å²) in [6.45, 7) is 21.8.